The molecule has 4 rings (SSSR count). The van der Waals surface area contributed by atoms with Gasteiger partial charge in [0.15, 0.2) is 4.32 Å². The molecule has 0 aliphatic carbocycles. The highest BCUT2D eigenvalue weighted by atomic mass is 32.2. The zero-order chi connectivity index (χ0) is 16.5. The number of ether oxygens (including phenoxy) is 1. The van der Waals surface area contributed by atoms with Crippen molar-refractivity contribution in [3.05, 3.63) is 76.7 Å². The van der Waals surface area contributed by atoms with Crippen LogP contribution in [0.25, 0.3) is 6.08 Å². The van der Waals surface area contributed by atoms with E-state index in [0.29, 0.717) is 15.8 Å². The first kappa shape index (κ1) is 15.2. The number of carbonyl (C=O) groups is 1. The molecule has 24 heavy (non-hydrogen) atoms. The van der Waals surface area contributed by atoms with E-state index in [1.54, 1.807) is 4.90 Å². The van der Waals surface area contributed by atoms with Crippen molar-refractivity contribution in [1.82, 2.24) is 0 Å². The van der Waals surface area contributed by atoms with Crippen LogP contribution in [0.3, 0.4) is 0 Å². The minimum absolute atomic E-state index is 0.0871. The third kappa shape index (κ3) is 2.77. The van der Waals surface area contributed by atoms with Gasteiger partial charge in [-0.3, -0.25) is 9.69 Å². The summed E-state index contributed by atoms with van der Waals surface area (Å²) < 4.78 is 6.29. The highest BCUT2D eigenvalue weighted by Gasteiger charge is 2.33. The van der Waals surface area contributed by atoms with E-state index in [4.69, 9.17) is 17.0 Å². The van der Waals surface area contributed by atoms with Crippen molar-refractivity contribution in [2.45, 2.75) is 0 Å². The van der Waals surface area contributed by atoms with Gasteiger partial charge in [-0.15, -0.1) is 0 Å². The Labute approximate surface area is 149 Å². The van der Waals surface area contributed by atoms with E-state index < -0.39 is 0 Å². The Hall–Kier alpha value is -2.37. The van der Waals surface area contributed by atoms with Crippen LogP contribution in [0.1, 0.15) is 5.56 Å². The first-order valence-electron chi connectivity index (χ1n) is 7.48. The lowest BCUT2D eigenvalue weighted by atomic mass is 10.1. The van der Waals surface area contributed by atoms with Crippen molar-refractivity contribution >= 4 is 46.0 Å². The van der Waals surface area contributed by atoms with Crippen LogP contribution in [-0.4, -0.2) is 16.8 Å². The van der Waals surface area contributed by atoms with Crippen LogP contribution in [0.4, 0.5) is 5.69 Å². The van der Waals surface area contributed by atoms with Gasteiger partial charge in [-0.05, 0) is 35.9 Å². The molecule has 5 heteroatoms. The summed E-state index contributed by atoms with van der Waals surface area (Å²) in [6, 6.07) is 17.3. The number of thiocarbonyl (C=S) groups is 1. The molecule has 0 unspecified atom stereocenters. The number of fused-ring (bicyclic) bond motifs is 1. The van der Waals surface area contributed by atoms with E-state index in [1.165, 1.54) is 11.8 Å². The number of nitrogens with zero attached hydrogens (tertiary/aromatic N) is 1. The summed E-state index contributed by atoms with van der Waals surface area (Å²) in [6.07, 6.45) is 3.92. The number of benzene rings is 2. The van der Waals surface area contributed by atoms with Crippen molar-refractivity contribution in [3.63, 3.8) is 0 Å². The minimum atomic E-state index is -0.0871. The molecule has 1 saturated heterocycles. The fourth-order valence-electron chi connectivity index (χ4n) is 2.65. The maximum Gasteiger partial charge on any atom is 0.270 e. The SMILES string of the molecule is O=C1/C(=C/C2=Cc3ccccc3OC2)SC(=S)N1c1ccccc1. The van der Waals surface area contributed by atoms with E-state index in [9.17, 15) is 4.79 Å². The first-order valence-corrected chi connectivity index (χ1v) is 8.70. The van der Waals surface area contributed by atoms with E-state index in [-0.39, 0.29) is 5.91 Å². The van der Waals surface area contributed by atoms with E-state index in [1.807, 2.05) is 66.7 Å². The number of hydrogen-bond acceptors (Lipinski definition) is 4. The maximum absolute atomic E-state index is 12.7. The van der Waals surface area contributed by atoms with Gasteiger partial charge in [0, 0.05) is 5.56 Å². The largest absolute Gasteiger partial charge is 0.488 e. The molecule has 0 aromatic heterocycles. The van der Waals surface area contributed by atoms with Gasteiger partial charge < -0.3 is 4.74 Å². The van der Waals surface area contributed by atoms with Crippen LogP contribution in [0.2, 0.25) is 0 Å². The molecular weight excluding hydrogens is 338 g/mol. The van der Waals surface area contributed by atoms with Crippen LogP contribution < -0.4 is 9.64 Å². The number of anilines is 1. The van der Waals surface area contributed by atoms with Crippen molar-refractivity contribution in [2.75, 3.05) is 11.5 Å². The standard InChI is InChI=1S/C19H13NO2S2/c21-18-17(24-19(23)20(18)15-7-2-1-3-8-15)11-13-10-14-6-4-5-9-16(14)22-12-13/h1-11H,12H2/b17-11-. The van der Waals surface area contributed by atoms with Crippen molar-refractivity contribution < 1.29 is 9.53 Å². The summed E-state index contributed by atoms with van der Waals surface area (Å²) in [5.41, 5.74) is 2.78. The molecule has 0 spiro atoms. The second kappa shape index (κ2) is 6.26. The molecule has 0 N–H and O–H groups in total. The Kier molecular flexibility index (Phi) is 3.96. The Morgan fingerprint density at radius 3 is 2.67 bits per heavy atom. The van der Waals surface area contributed by atoms with Gasteiger partial charge in [0.2, 0.25) is 0 Å². The van der Waals surface area contributed by atoms with Gasteiger partial charge in [-0.2, -0.15) is 0 Å². The smallest absolute Gasteiger partial charge is 0.270 e. The topological polar surface area (TPSA) is 29.5 Å². The van der Waals surface area contributed by atoms with Gasteiger partial charge in [-0.1, -0.05) is 60.4 Å². The van der Waals surface area contributed by atoms with Crippen LogP contribution in [0.15, 0.2) is 71.2 Å². The average Bonchev–Trinajstić information content (AvgIpc) is 2.89. The lowest BCUT2D eigenvalue weighted by molar-refractivity contribution is -0.113. The summed E-state index contributed by atoms with van der Waals surface area (Å²) in [7, 11) is 0. The summed E-state index contributed by atoms with van der Waals surface area (Å²) in [5, 5.41) is 0. The average molecular weight is 351 g/mol. The molecule has 0 bridgehead atoms. The fourth-order valence-corrected chi connectivity index (χ4v) is 3.97. The quantitative estimate of drug-likeness (QED) is 0.592. The lowest BCUT2D eigenvalue weighted by Crippen LogP contribution is -2.27. The highest BCUT2D eigenvalue weighted by Crippen LogP contribution is 2.36. The fraction of sp³-hybridized carbons (Fsp3) is 0.0526. The number of amides is 1. The predicted molar refractivity (Wildman–Crippen MR) is 102 cm³/mol. The van der Waals surface area contributed by atoms with E-state index >= 15 is 0 Å². The van der Waals surface area contributed by atoms with Gasteiger partial charge in [0.1, 0.15) is 12.4 Å². The molecule has 0 saturated carbocycles. The zero-order valence-corrected chi connectivity index (χ0v) is 14.3. The molecule has 0 atom stereocenters. The molecule has 2 aromatic carbocycles. The first-order chi connectivity index (χ1) is 11.7. The van der Waals surface area contributed by atoms with E-state index in [2.05, 4.69) is 0 Å². The number of thioether (sulfide) groups is 1. The molecule has 2 heterocycles. The molecule has 1 fully saturated rings. The molecule has 1 amide bonds. The molecule has 2 aromatic rings. The third-order valence-electron chi connectivity index (χ3n) is 3.78. The zero-order valence-electron chi connectivity index (χ0n) is 12.6. The third-order valence-corrected chi connectivity index (χ3v) is 5.08. The normalized spacial score (nSPS) is 18.4. The Morgan fingerprint density at radius 1 is 1.08 bits per heavy atom. The number of rotatable bonds is 2. The van der Waals surface area contributed by atoms with Crippen molar-refractivity contribution in [2.24, 2.45) is 0 Å². The highest BCUT2D eigenvalue weighted by molar-refractivity contribution is 8.27. The molecule has 2 aliphatic rings. The maximum atomic E-state index is 12.7. The minimum Gasteiger partial charge on any atom is -0.488 e. The number of hydrogen-bond donors (Lipinski definition) is 0. The molecule has 0 radical (unpaired) electrons. The number of carbonyl (C=O) groups excluding carboxylic acids is 1. The predicted octanol–water partition coefficient (Wildman–Crippen LogP) is 4.41. The van der Waals surface area contributed by atoms with Crippen molar-refractivity contribution in [1.29, 1.82) is 0 Å². The molecule has 118 valence electrons. The second-order valence-electron chi connectivity index (χ2n) is 5.40. The van der Waals surface area contributed by atoms with Crippen LogP contribution in [-0.2, 0) is 4.79 Å². The summed E-state index contributed by atoms with van der Waals surface area (Å²) >= 11 is 6.71. The molecule has 3 nitrogen and oxygen atoms in total. The number of para-hydroxylation sites is 2. The van der Waals surface area contributed by atoms with Crippen LogP contribution >= 0.6 is 24.0 Å². The van der Waals surface area contributed by atoms with Gasteiger partial charge >= 0.3 is 0 Å². The molecular formula is C19H13NO2S2. The molecule has 2 aliphatic heterocycles. The monoisotopic (exact) mass is 351 g/mol. The van der Waals surface area contributed by atoms with Gasteiger partial charge in [-0.25, -0.2) is 0 Å². The Balaban J connectivity index is 1.64. The second-order valence-corrected chi connectivity index (χ2v) is 7.07. The summed E-state index contributed by atoms with van der Waals surface area (Å²) in [6.45, 7) is 0.451. The summed E-state index contributed by atoms with van der Waals surface area (Å²) in [5.74, 6) is 0.780. The van der Waals surface area contributed by atoms with Crippen molar-refractivity contribution in [3.8, 4) is 5.75 Å². The van der Waals surface area contributed by atoms with Crippen LogP contribution in [0, 0.1) is 0 Å². The lowest BCUT2D eigenvalue weighted by Gasteiger charge is -2.16. The van der Waals surface area contributed by atoms with Gasteiger partial charge in [0.05, 0.1) is 10.6 Å². The summed E-state index contributed by atoms with van der Waals surface area (Å²) in [4.78, 5) is 14.9. The Bertz CT molecular complexity index is 887. The van der Waals surface area contributed by atoms with E-state index in [0.717, 1.165) is 22.6 Å². The van der Waals surface area contributed by atoms with Crippen LogP contribution in [0.5, 0.6) is 5.75 Å². The Morgan fingerprint density at radius 2 is 1.83 bits per heavy atom. The van der Waals surface area contributed by atoms with Gasteiger partial charge in [0.25, 0.3) is 5.91 Å².